The van der Waals surface area contributed by atoms with Crippen LogP contribution in [0.25, 0.3) is 0 Å². The van der Waals surface area contributed by atoms with Crippen LogP contribution in [0.4, 0.5) is 0 Å². The second-order valence-electron chi connectivity index (χ2n) is 11.6. The molecule has 0 aromatic heterocycles. The predicted octanol–water partition coefficient (Wildman–Crippen LogP) is 11.0. The summed E-state index contributed by atoms with van der Waals surface area (Å²) in [6, 6.07) is 38.1. The Balaban J connectivity index is 0.000000254. The summed E-state index contributed by atoms with van der Waals surface area (Å²) in [5.74, 6) is 2.85. The predicted molar refractivity (Wildman–Crippen MR) is 218 cm³/mol. The molecule has 0 aliphatic rings. The first-order valence-corrected chi connectivity index (χ1v) is 19.6. The summed E-state index contributed by atoms with van der Waals surface area (Å²) in [7, 11) is 0. The molecule has 276 valence electrons. The van der Waals surface area contributed by atoms with Crippen molar-refractivity contribution in [2.45, 2.75) is 35.8 Å². The van der Waals surface area contributed by atoms with E-state index in [1.165, 1.54) is 41.0 Å². The topological polar surface area (TPSA) is 129 Å². The molecule has 0 unspecified atom stereocenters. The van der Waals surface area contributed by atoms with E-state index in [1.54, 1.807) is 72.8 Å². The van der Waals surface area contributed by atoms with Crippen molar-refractivity contribution in [1.82, 2.24) is 0 Å². The molecule has 0 amide bonds. The third-order valence-corrected chi connectivity index (χ3v) is 9.21. The van der Waals surface area contributed by atoms with Crippen LogP contribution in [-0.2, 0) is 35.8 Å². The zero-order chi connectivity index (χ0) is 38.0. The standard InChI is InChI=1S/C27H24O6.C9H9Br3.C6H6O2/c28-22-1-7-25(8-2-22)31-16-19-13-20(17-32-26-9-3-23(29)4-10-26)15-21(14-19)18-33-27-11-5-24(30)6-12-27;10-4-7-1-8(5-11)3-9(2-7)6-12;7-5-1-2-6(8)4-3-5/h1-15,28-30H,16-18H2;1-3H,4-6H2;1-4,7-8H. The SMILES string of the molecule is BrCc1cc(CBr)cc(CBr)c1.Oc1ccc(O)cc1.Oc1ccc(OCc2cc(COc3ccc(O)cc3)cc(COc3ccc(O)cc3)c2)cc1. The number of benzene rings is 6. The Labute approximate surface area is 334 Å². The quantitative estimate of drug-likeness (QED) is 0.0607. The molecule has 8 nitrogen and oxygen atoms in total. The molecule has 0 aliphatic heterocycles. The molecule has 6 aromatic carbocycles. The lowest BCUT2D eigenvalue weighted by molar-refractivity contribution is 0.293. The lowest BCUT2D eigenvalue weighted by Crippen LogP contribution is -2.03. The van der Waals surface area contributed by atoms with Crippen LogP contribution in [0.5, 0.6) is 46.0 Å². The zero-order valence-corrected chi connectivity index (χ0v) is 33.3. The van der Waals surface area contributed by atoms with Gasteiger partial charge in [0.15, 0.2) is 0 Å². The minimum Gasteiger partial charge on any atom is -0.508 e. The highest BCUT2D eigenvalue weighted by atomic mass is 79.9. The fourth-order valence-corrected chi connectivity index (χ4v) is 5.71. The lowest BCUT2D eigenvalue weighted by atomic mass is 10.1. The first-order valence-electron chi connectivity index (χ1n) is 16.3. The van der Waals surface area contributed by atoms with E-state index in [1.807, 2.05) is 18.2 Å². The summed E-state index contributed by atoms with van der Waals surface area (Å²) >= 11 is 10.4. The molecule has 53 heavy (non-hydrogen) atoms. The fourth-order valence-electron chi connectivity index (χ4n) is 4.74. The Kier molecular flexibility index (Phi) is 16.7. The fraction of sp³-hybridized carbons (Fsp3) is 0.143. The van der Waals surface area contributed by atoms with Crippen LogP contribution in [0.3, 0.4) is 0 Å². The highest BCUT2D eigenvalue weighted by Crippen LogP contribution is 2.23. The maximum atomic E-state index is 9.44. The molecule has 0 saturated heterocycles. The molecule has 0 heterocycles. The van der Waals surface area contributed by atoms with Gasteiger partial charge in [0, 0.05) is 16.0 Å². The number of aromatic hydroxyl groups is 5. The van der Waals surface area contributed by atoms with Gasteiger partial charge >= 0.3 is 0 Å². The molecule has 0 saturated carbocycles. The molecule has 6 rings (SSSR count). The van der Waals surface area contributed by atoms with E-state index in [2.05, 4.69) is 66.0 Å². The summed E-state index contributed by atoms with van der Waals surface area (Å²) in [6.45, 7) is 1.01. The van der Waals surface area contributed by atoms with Crippen molar-refractivity contribution in [1.29, 1.82) is 0 Å². The van der Waals surface area contributed by atoms with Crippen molar-refractivity contribution in [3.8, 4) is 46.0 Å². The summed E-state index contributed by atoms with van der Waals surface area (Å²) < 4.78 is 17.6. The molecule has 5 N–H and O–H groups in total. The number of ether oxygens (including phenoxy) is 3. The number of halogens is 3. The Morgan fingerprint density at radius 2 is 0.491 bits per heavy atom. The van der Waals surface area contributed by atoms with Gasteiger partial charge in [0.1, 0.15) is 65.8 Å². The van der Waals surface area contributed by atoms with E-state index >= 15 is 0 Å². The van der Waals surface area contributed by atoms with Crippen LogP contribution >= 0.6 is 47.8 Å². The van der Waals surface area contributed by atoms with Crippen molar-refractivity contribution < 1.29 is 39.7 Å². The van der Waals surface area contributed by atoms with Gasteiger partial charge in [-0.1, -0.05) is 66.0 Å². The van der Waals surface area contributed by atoms with Crippen LogP contribution in [0.2, 0.25) is 0 Å². The van der Waals surface area contributed by atoms with Crippen molar-refractivity contribution in [3.05, 3.63) is 167 Å². The monoisotopic (exact) mass is 908 g/mol. The van der Waals surface area contributed by atoms with Gasteiger partial charge in [-0.05, 0) is 149 Å². The van der Waals surface area contributed by atoms with Crippen molar-refractivity contribution in [2.75, 3.05) is 0 Å². The summed E-state index contributed by atoms with van der Waals surface area (Å²) in [5, 5.41) is 48.4. The zero-order valence-electron chi connectivity index (χ0n) is 28.5. The molecule has 0 radical (unpaired) electrons. The van der Waals surface area contributed by atoms with Crippen LogP contribution in [0.15, 0.2) is 133 Å². The van der Waals surface area contributed by atoms with Gasteiger partial charge in [-0.25, -0.2) is 0 Å². The van der Waals surface area contributed by atoms with Gasteiger partial charge in [0.05, 0.1) is 0 Å². The first-order chi connectivity index (χ1) is 25.6. The minimum atomic E-state index is 0.169. The van der Waals surface area contributed by atoms with Gasteiger partial charge in [-0.3, -0.25) is 0 Å². The van der Waals surface area contributed by atoms with Crippen LogP contribution < -0.4 is 14.2 Å². The van der Waals surface area contributed by atoms with Crippen molar-refractivity contribution >= 4 is 47.8 Å². The Morgan fingerprint density at radius 3 is 0.698 bits per heavy atom. The largest absolute Gasteiger partial charge is 0.508 e. The van der Waals surface area contributed by atoms with Crippen LogP contribution in [-0.4, -0.2) is 25.5 Å². The van der Waals surface area contributed by atoms with E-state index in [0.717, 1.165) is 32.7 Å². The van der Waals surface area contributed by atoms with Gasteiger partial charge in [-0.2, -0.15) is 0 Å². The summed E-state index contributed by atoms with van der Waals surface area (Å²) in [6.07, 6.45) is 0. The molecular weight excluding hydrogens is 872 g/mol. The van der Waals surface area contributed by atoms with E-state index in [-0.39, 0.29) is 28.7 Å². The average molecular weight is 911 g/mol. The van der Waals surface area contributed by atoms with E-state index < -0.39 is 0 Å². The van der Waals surface area contributed by atoms with Crippen molar-refractivity contribution in [2.24, 2.45) is 0 Å². The third kappa shape index (κ3) is 15.0. The summed E-state index contributed by atoms with van der Waals surface area (Å²) in [4.78, 5) is 0. The number of phenols is 5. The molecule has 0 bridgehead atoms. The Morgan fingerprint density at radius 1 is 0.302 bits per heavy atom. The van der Waals surface area contributed by atoms with Crippen LogP contribution in [0.1, 0.15) is 33.4 Å². The maximum absolute atomic E-state index is 9.44. The second kappa shape index (κ2) is 21.6. The molecule has 0 spiro atoms. The number of hydrogen-bond donors (Lipinski definition) is 5. The number of hydrogen-bond acceptors (Lipinski definition) is 8. The molecule has 0 atom stereocenters. The van der Waals surface area contributed by atoms with Crippen LogP contribution in [0, 0.1) is 0 Å². The number of phenolic OH excluding ortho intramolecular Hbond substituents is 5. The minimum absolute atomic E-state index is 0.169. The molecule has 11 heteroatoms. The highest BCUT2D eigenvalue weighted by Gasteiger charge is 2.07. The lowest BCUT2D eigenvalue weighted by Gasteiger charge is -2.13. The Hall–Kier alpha value is -4.84. The van der Waals surface area contributed by atoms with Gasteiger partial charge < -0.3 is 39.7 Å². The average Bonchev–Trinajstić information content (AvgIpc) is 3.18. The number of rotatable bonds is 12. The molecule has 0 aliphatic carbocycles. The van der Waals surface area contributed by atoms with Crippen molar-refractivity contribution in [3.63, 3.8) is 0 Å². The van der Waals surface area contributed by atoms with Gasteiger partial charge in [-0.15, -0.1) is 0 Å². The molecular formula is C42H39Br3O8. The number of alkyl halides is 3. The molecule has 6 aromatic rings. The first kappa shape index (κ1) is 40.9. The normalized spacial score (nSPS) is 10.2. The summed E-state index contributed by atoms with van der Waals surface area (Å²) in [5.41, 5.74) is 6.83. The van der Waals surface area contributed by atoms with Gasteiger partial charge in [0.25, 0.3) is 0 Å². The third-order valence-electron chi connectivity index (χ3n) is 7.26. The smallest absolute Gasteiger partial charge is 0.120 e. The van der Waals surface area contributed by atoms with E-state index in [9.17, 15) is 15.3 Å². The maximum Gasteiger partial charge on any atom is 0.120 e. The Bertz CT molecular complexity index is 1730. The van der Waals surface area contributed by atoms with Gasteiger partial charge in [0.2, 0.25) is 0 Å². The highest BCUT2D eigenvalue weighted by molar-refractivity contribution is 9.09. The van der Waals surface area contributed by atoms with E-state index in [4.69, 9.17) is 24.4 Å². The molecule has 0 fully saturated rings. The van der Waals surface area contributed by atoms with E-state index in [0.29, 0.717) is 37.1 Å². The second-order valence-corrected chi connectivity index (χ2v) is 13.3.